The Kier molecular flexibility index (Phi) is 5.51. The molecule has 1 aliphatic heterocycles. The second-order valence-corrected chi connectivity index (χ2v) is 8.45. The van der Waals surface area contributed by atoms with E-state index in [1.54, 1.807) is 0 Å². The molecule has 1 fully saturated rings. The Bertz CT molecular complexity index is 850. The molecule has 1 saturated heterocycles. The van der Waals surface area contributed by atoms with Gasteiger partial charge in [-0.15, -0.1) is 0 Å². The maximum Gasteiger partial charge on any atom is 0.110 e. The SMILES string of the molecule is CCc1ccc(Cc2cc3c(cc2Cl)CC[C@@]32C[C@@H](O)[C@H](O)[C@@H](CO)O2)cc1. The lowest BCUT2D eigenvalue weighted by molar-refractivity contribution is -0.228. The van der Waals surface area contributed by atoms with Gasteiger partial charge in [0.2, 0.25) is 0 Å². The first-order valence-electron chi connectivity index (χ1n) is 10.00. The molecule has 0 amide bonds. The van der Waals surface area contributed by atoms with E-state index in [2.05, 4.69) is 37.3 Å². The third kappa shape index (κ3) is 3.49. The van der Waals surface area contributed by atoms with Gasteiger partial charge in [0.15, 0.2) is 0 Å². The predicted molar refractivity (Wildman–Crippen MR) is 109 cm³/mol. The van der Waals surface area contributed by atoms with E-state index >= 15 is 0 Å². The Morgan fingerprint density at radius 1 is 1.14 bits per heavy atom. The monoisotopic (exact) mass is 402 g/mol. The van der Waals surface area contributed by atoms with E-state index < -0.39 is 23.9 Å². The van der Waals surface area contributed by atoms with Crippen LogP contribution in [0.25, 0.3) is 0 Å². The first-order valence-corrected chi connectivity index (χ1v) is 10.4. The van der Waals surface area contributed by atoms with Crippen LogP contribution in [0.2, 0.25) is 5.02 Å². The van der Waals surface area contributed by atoms with Crippen molar-refractivity contribution in [3.8, 4) is 0 Å². The van der Waals surface area contributed by atoms with E-state index in [1.807, 2.05) is 6.07 Å². The quantitative estimate of drug-likeness (QED) is 0.734. The number of benzene rings is 2. The first kappa shape index (κ1) is 19.9. The minimum atomic E-state index is -1.07. The molecule has 2 aliphatic rings. The molecule has 28 heavy (non-hydrogen) atoms. The summed E-state index contributed by atoms with van der Waals surface area (Å²) in [4.78, 5) is 0. The van der Waals surface area contributed by atoms with Gasteiger partial charge in [0.1, 0.15) is 12.2 Å². The van der Waals surface area contributed by atoms with Crippen LogP contribution in [-0.4, -0.2) is 40.2 Å². The van der Waals surface area contributed by atoms with Crippen molar-refractivity contribution in [3.63, 3.8) is 0 Å². The number of aliphatic hydroxyl groups is 3. The summed E-state index contributed by atoms with van der Waals surface area (Å²) < 4.78 is 6.17. The Labute approximate surface area is 170 Å². The Morgan fingerprint density at radius 3 is 2.54 bits per heavy atom. The minimum Gasteiger partial charge on any atom is -0.394 e. The molecular formula is C23H27ClO4. The Hall–Kier alpha value is -1.43. The highest BCUT2D eigenvalue weighted by molar-refractivity contribution is 6.31. The number of hydrogen-bond donors (Lipinski definition) is 3. The average Bonchev–Trinajstić information content (AvgIpc) is 3.02. The summed E-state index contributed by atoms with van der Waals surface area (Å²) in [6, 6.07) is 12.7. The summed E-state index contributed by atoms with van der Waals surface area (Å²) >= 11 is 6.58. The van der Waals surface area contributed by atoms with Gasteiger partial charge in [0, 0.05) is 11.4 Å². The topological polar surface area (TPSA) is 69.9 Å². The van der Waals surface area contributed by atoms with Crippen LogP contribution in [0.4, 0.5) is 0 Å². The van der Waals surface area contributed by atoms with E-state index in [4.69, 9.17) is 16.3 Å². The van der Waals surface area contributed by atoms with Gasteiger partial charge in [0.05, 0.1) is 18.3 Å². The van der Waals surface area contributed by atoms with Crippen LogP contribution in [-0.2, 0) is 29.6 Å². The van der Waals surface area contributed by atoms with Gasteiger partial charge in [-0.3, -0.25) is 0 Å². The number of aliphatic hydroxyl groups excluding tert-OH is 3. The van der Waals surface area contributed by atoms with Crippen molar-refractivity contribution in [2.45, 2.75) is 62.9 Å². The fraction of sp³-hybridized carbons (Fsp3) is 0.478. The van der Waals surface area contributed by atoms with Gasteiger partial charge in [-0.05, 0) is 59.6 Å². The highest BCUT2D eigenvalue weighted by Gasteiger charge is 2.50. The molecule has 2 aromatic rings. The molecule has 3 N–H and O–H groups in total. The van der Waals surface area contributed by atoms with Crippen LogP contribution in [0.1, 0.15) is 47.6 Å². The molecule has 0 unspecified atom stereocenters. The van der Waals surface area contributed by atoms with Crippen molar-refractivity contribution in [2.75, 3.05) is 6.61 Å². The van der Waals surface area contributed by atoms with Crippen molar-refractivity contribution in [3.05, 3.63) is 69.2 Å². The van der Waals surface area contributed by atoms with Crippen molar-refractivity contribution >= 4 is 11.6 Å². The first-order chi connectivity index (χ1) is 13.5. The largest absolute Gasteiger partial charge is 0.394 e. The van der Waals surface area contributed by atoms with Gasteiger partial charge in [-0.2, -0.15) is 0 Å². The molecule has 5 heteroatoms. The fourth-order valence-electron chi connectivity index (χ4n) is 4.60. The zero-order valence-electron chi connectivity index (χ0n) is 16.1. The highest BCUT2D eigenvalue weighted by atomic mass is 35.5. The second kappa shape index (κ2) is 7.77. The number of rotatable bonds is 4. The molecule has 150 valence electrons. The van der Waals surface area contributed by atoms with E-state index in [0.717, 1.165) is 41.0 Å². The Balaban J connectivity index is 1.67. The summed E-state index contributed by atoms with van der Waals surface area (Å²) in [5, 5.41) is 30.8. The maximum absolute atomic E-state index is 10.4. The van der Waals surface area contributed by atoms with Crippen molar-refractivity contribution in [2.24, 2.45) is 0 Å². The van der Waals surface area contributed by atoms with Gasteiger partial charge in [-0.1, -0.05) is 48.9 Å². The molecule has 1 aliphatic carbocycles. The molecule has 4 atom stereocenters. The van der Waals surface area contributed by atoms with E-state index in [-0.39, 0.29) is 6.61 Å². The van der Waals surface area contributed by atoms with Crippen LogP contribution < -0.4 is 0 Å². The molecule has 0 radical (unpaired) electrons. The molecule has 4 nitrogen and oxygen atoms in total. The van der Waals surface area contributed by atoms with Crippen molar-refractivity contribution in [1.82, 2.24) is 0 Å². The number of aryl methyl sites for hydroxylation is 2. The van der Waals surface area contributed by atoms with Gasteiger partial charge in [0.25, 0.3) is 0 Å². The zero-order chi connectivity index (χ0) is 19.9. The molecule has 0 aromatic heterocycles. The lowest BCUT2D eigenvalue weighted by Gasteiger charge is -2.44. The third-order valence-corrected chi connectivity index (χ3v) is 6.61. The normalized spacial score (nSPS) is 29.2. The summed E-state index contributed by atoms with van der Waals surface area (Å²) in [7, 11) is 0. The fourth-order valence-corrected chi connectivity index (χ4v) is 4.86. The molecule has 4 rings (SSSR count). The lowest BCUT2D eigenvalue weighted by Crippen LogP contribution is -2.53. The third-order valence-electron chi connectivity index (χ3n) is 6.26. The van der Waals surface area contributed by atoms with Crippen molar-refractivity contribution < 1.29 is 20.1 Å². The summed E-state index contributed by atoms with van der Waals surface area (Å²) in [5.41, 5.74) is 5.00. The van der Waals surface area contributed by atoms with E-state index in [9.17, 15) is 15.3 Å². The molecule has 1 spiro atoms. The molecule has 0 saturated carbocycles. The molecule has 0 bridgehead atoms. The van der Waals surface area contributed by atoms with Gasteiger partial charge >= 0.3 is 0 Å². The van der Waals surface area contributed by atoms with Crippen LogP contribution in [0.5, 0.6) is 0 Å². The smallest absolute Gasteiger partial charge is 0.110 e. The van der Waals surface area contributed by atoms with Crippen LogP contribution in [0.3, 0.4) is 0 Å². The standard InChI is InChI=1S/C23H27ClO4/c1-2-14-3-5-15(6-4-14)9-17-10-18-16(11-19(17)24)7-8-23(18)12-20(26)22(27)21(13-25)28-23/h3-6,10-11,20-22,25-27H,2,7-9,12-13H2,1H3/t20-,21-,22+,23-/m1/s1. The van der Waals surface area contributed by atoms with Crippen LogP contribution in [0.15, 0.2) is 36.4 Å². The second-order valence-electron chi connectivity index (χ2n) is 8.04. The number of hydrogen-bond acceptors (Lipinski definition) is 4. The minimum absolute atomic E-state index is 0.320. The number of ether oxygens (including phenoxy) is 1. The summed E-state index contributed by atoms with van der Waals surface area (Å²) in [5.74, 6) is 0. The molecule has 2 aromatic carbocycles. The zero-order valence-corrected chi connectivity index (χ0v) is 16.8. The van der Waals surface area contributed by atoms with E-state index in [1.165, 1.54) is 11.1 Å². The number of fused-ring (bicyclic) bond motifs is 2. The average molecular weight is 403 g/mol. The van der Waals surface area contributed by atoms with E-state index in [0.29, 0.717) is 12.8 Å². The van der Waals surface area contributed by atoms with Crippen LogP contribution >= 0.6 is 11.6 Å². The number of halogens is 1. The molecular weight excluding hydrogens is 376 g/mol. The molecule has 1 heterocycles. The van der Waals surface area contributed by atoms with Crippen LogP contribution in [0, 0.1) is 0 Å². The van der Waals surface area contributed by atoms with Gasteiger partial charge in [-0.25, -0.2) is 0 Å². The van der Waals surface area contributed by atoms with Crippen molar-refractivity contribution in [1.29, 1.82) is 0 Å². The lowest BCUT2D eigenvalue weighted by atomic mass is 9.82. The highest BCUT2D eigenvalue weighted by Crippen LogP contribution is 2.48. The predicted octanol–water partition coefficient (Wildman–Crippen LogP) is 3.14. The maximum atomic E-state index is 10.4. The van der Waals surface area contributed by atoms with Gasteiger partial charge < -0.3 is 20.1 Å². The Morgan fingerprint density at radius 2 is 1.86 bits per heavy atom. The summed E-state index contributed by atoms with van der Waals surface area (Å²) in [6.07, 6.45) is 0.816. The summed E-state index contributed by atoms with van der Waals surface area (Å²) in [6.45, 7) is 1.82.